The molecular formula is C54H84N10O13S. The number of rotatable bonds is 35. The lowest BCUT2D eigenvalue weighted by Gasteiger charge is -2.29. The number of nitrogens with one attached hydrogen (secondary N) is 9. The third-order valence-electron chi connectivity index (χ3n) is 12.1. The molecule has 2 rings (SSSR count). The molecule has 9 atom stereocenters. The molecule has 2 aromatic rings. The lowest BCUT2D eigenvalue weighted by atomic mass is 9.98. The van der Waals surface area contributed by atoms with Crippen molar-refractivity contribution in [3.63, 3.8) is 0 Å². The molecule has 0 spiro atoms. The Morgan fingerprint density at radius 1 is 0.474 bits per heavy atom. The Morgan fingerprint density at radius 3 is 1.22 bits per heavy atom. The standard InChI is InChI=1S/C54H84N10O13S/c1-30(2)22-37(57-44(67)27-56-46(68)36(55)20-21-78-9)47(69)60-40(25-34-16-12-10-13-17-34)49(71)58-38(23-31(3)4)48(70)61-41(26-35-18-14-11-15-19-35)50(72)59-39(24-32(5)6)51(73)64-45(33(7)8)53(75)62-42(28-65)52(74)63-43(29-66)54(76)77/h10-19,30-33,36-43,45,65-66H,20-29,55H2,1-9H3,(H,56,68)(H,57,67)(H,58,71)(H,59,72)(H,60,69)(H,61,70)(H,62,75)(H,63,74)(H,64,73)(H,76,77)/t36-,37-,38-,39-,40-,41-,42-,43-,45-/m0/s1. The van der Waals surface area contributed by atoms with E-state index in [9.17, 15) is 63.3 Å². The molecule has 0 aliphatic rings. The first-order valence-electron chi connectivity index (χ1n) is 26.3. The highest BCUT2D eigenvalue weighted by molar-refractivity contribution is 7.98. The number of thioether (sulfide) groups is 1. The van der Waals surface area contributed by atoms with Crippen molar-refractivity contribution in [1.29, 1.82) is 0 Å². The maximum atomic E-state index is 14.5. The van der Waals surface area contributed by atoms with Crippen LogP contribution in [0.25, 0.3) is 0 Å². The largest absolute Gasteiger partial charge is 0.480 e. The minimum absolute atomic E-state index is 0.0202. The summed E-state index contributed by atoms with van der Waals surface area (Å²) in [6, 6.07) is 5.70. The third kappa shape index (κ3) is 24.8. The summed E-state index contributed by atoms with van der Waals surface area (Å²) in [4.78, 5) is 135. The fourth-order valence-electron chi connectivity index (χ4n) is 7.94. The molecule has 0 aliphatic heterocycles. The Morgan fingerprint density at radius 2 is 0.833 bits per heavy atom. The van der Waals surface area contributed by atoms with Gasteiger partial charge in [-0.25, -0.2) is 4.79 Å². The van der Waals surface area contributed by atoms with Crippen molar-refractivity contribution in [3.8, 4) is 0 Å². The lowest BCUT2D eigenvalue weighted by Crippen LogP contribution is -2.61. The van der Waals surface area contributed by atoms with E-state index in [0.717, 1.165) is 0 Å². The molecule has 2 aromatic carbocycles. The minimum atomic E-state index is -1.72. The third-order valence-corrected chi connectivity index (χ3v) is 12.8. The highest BCUT2D eigenvalue weighted by atomic mass is 32.2. The first-order valence-corrected chi connectivity index (χ1v) is 27.7. The molecule has 0 bridgehead atoms. The predicted molar refractivity (Wildman–Crippen MR) is 295 cm³/mol. The summed E-state index contributed by atoms with van der Waals surface area (Å²) >= 11 is 1.52. The molecule has 23 nitrogen and oxygen atoms in total. The molecule has 0 fully saturated rings. The number of carboxylic acids is 1. The van der Waals surface area contributed by atoms with Crippen molar-refractivity contribution in [2.45, 2.75) is 148 Å². The van der Waals surface area contributed by atoms with Crippen LogP contribution in [0.4, 0.5) is 0 Å². The molecule has 0 aliphatic carbocycles. The second-order valence-electron chi connectivity index (χ2n) is 20.8. The molecular weight excluding hydrogens is 1030 g/mol. The van der Waals surface area contributed by atoms with E-state index in [1.807, 2.05) is 39.3 Å². The van der Waals surface area contributed by atoms with Crippen LogP contribution in [0.15, 0.2) is 60.7 Å². The van der Waals surface area contributed by atoms with Crippen molar-refractivity contribution >= 4 is 70.9 Å². The van der Waals surface area contributed by atoms with Crippen molar-refractivity contribution < 1.29 is 63.3 Å². The Labute approximate surface area is 461 Å². The van der Waals surface area contributed by atoms with Gasteiger partial charge in [-0.15, -0.1) is 0 Å². The summed E-state index contributed by atoms with van der Waals surface area (Å²) in [6.45, 7) is 11.8. The number of hydrogen-bond donors (Lipinski definition) is 13. The van der Waals surface area contributed by atoms with Gasteiger partial charge < -0.3 is 68.9 Å². The van der Waals surface area contributed by atoms with Crippen LogP contribution < -0.4 is 53.6 Å². The lowest BCUT2D eigenvalue weighted by molar-refractivity contribution is -0.143. The smallest absolute Gasteiger partial charge is 0.328 e. The van der Waals surface area contributed by atoms with Crippen LogP contribution in [-0.2, 0) is 60.8 Å². The van der Waals surface area contributed by atoms with Crippen LogP contribution >= 0.6 is 11.8 Å². The van der Waals surface area contributed by atoms with Crippen LogP contribution in [0.3, 0.4) is 0 Å². The molecule has 24 heteroatoms. The molecule has 0 radical (unpaired) electrons. The van der Waals surface area contributed by atoms with Crippen LogP contribution in [0.1, 0.15) is 92.2 Å². The van der Waals surface area contributed by atoms with Gasteiger partial charge in [0.05, 0.1) is 25.8 Å². The van der Waals surface area contributed by atoms with Crippen molar-refractivity contribution in [2.24, 2.45) is 29.4 Å². The average Bonchev–Trinajstić information content (AvgIpc) is 3.38. The van der Waals surface area contributed by atoms with Gasteiger partial charge in [-0.05, 0) is 72.5 Å². The van der Waals surface area contributed by atoms with E-state index in [1.54, 1.807) is 88.4 Å². The number of carboxylic acid groups (broad SMARTS) is 1. The summed E-state index contributed by atoms with van der Waals surface area (Å²) < 4.78 is 0. The summed E-state index contributed by atoms with van der Waals surface area (Å²) in [5.74, 6) is -8.98. The molecule has 0 unspecified atom stereocenters. The maximum Gasteiger partial charge on any atom is 0.328 e. The summed E-state index contributed by atoms with van der Waals surface area (Å²) in [6.07, 6.45) is 2.51. The predicted octanol–water partition coefficient (Wildman–Crippen LogP) is -0.590. The fourth-order valence-corrected chi connectivity index (χ4v) is 8.43. The maximum absolute atomic E-state index is 14.5. The molecule has 14 N–H and O–H groups in total. The number of aliphatic hydroxyl groups excluding tert-OH is 2. The van der Waals surface area contributed by atoms with Crippen molar-refractivity contribution in [3.05, 3.63) is 71.8 Å². The van der Waals surface area contributed by atoms with Gasteiger partial charge in [0.2, 0.25) is 53.2 Å². The zero-order valence-corrected chi connectivity index (χ0v) is 47.1. The SMILES string of the molecule is CSCC[C@H](N)C(=O)NCC(=O)N[C@@H](CC(C)C)C(=O)N[C@@H](Cc1ccccc1)C(=O)N[C@@H](CC(C)C)C(=O)N[C@@H](Cc1ccccc1)C(=O)N[C@@H](CC(C)C)C(=O)N[C@H](C(=O)N[C@@H](CO)C(=O)N[C@@H](CO)C(=O)O)C(C)C. The Balaban J connectivity index is 2.46. The van der Waals surface area contributed by atoms with Crippen LogP contribution in [0.5, 0.6) is 0 Å². The molecule has 434 valence electrons. The number of carbonyl (C=O) groups is 10. The van der Waals surface area contributed by atoms with Gasteiger partial charge in [0.1, 0.15) is 48.3 Å². The van der Waals surface area contributed by atoms with E-state index in [-0.39, 0.29) is 49.9 Å². The van der Waals surface area contributed by atoms with Gasteiger partial charge in [0, 0.05) is 12.8 Å². The topological polar surface area (TPSA) is 366 Å². The monoisotopic (exact) mass is 1110 g/mol. The Hall–Kier alpha value is -6.63. The van der Waals surface area contributed by atoms with Crippen LogP contribution in [0, 0.1) is 23.7 Å². The minimum Gasteiger partial charge on any atom is -0.480 e. The average molecular weight is 1110 g/mol. The first-order chi connectivity index (χ1) is 36.8. The van der Waals surface area contributed by atoms with E-state index in [2.05, 4.69) is 42.5 Å². The van der Waals surface area contributed by atoms with Crippen molar-refractivity contribution in [1.82, 2.24) is 47.9 Å². The van der Waals surface area contributed by atoms with Gasteiger partial charge in [-0.3, -0.25) is 43.2 Å². The Bertz CT molecular complexity index is 2270. The molecule has 0 saturated heterocycles. The first kappa shape index (κ1) is 67.5. The van der Waals surface area contributed by atoms with E-state index >= 15 is 0 Å². The van der Waals surface area contributed by atoms with E-state index in [0.29, 0.717) is 23.3 Å². The van der Waals surface area contributed by atoms with Gasteiger partial charge in [0.25, 0.3) is 0 Å². The van der Waals surface area contributed by atoms with E-state index in [4.69, 9.17) is 5.73 Å². The molecule has 78 heavy (non-hydrogen) atoms. The second-order valence-corrected chi connectivity index (χ2v) is 21.8. The second kappa shape index (κ2) is 35.0. The number of amides is 9. The van der Waals surface area contributed by atoms with E-state index in [1.165, 1.54) is 11.8 Å². The van der Waals surface area contributed by atoms with Gasteiger partial charge in [-0.1, -0.05) is 116 Å². The number of benzene rings is 2. The van der Waals surface area contributed by atoms with Gasteiger partial charge in [-0.2, -0.15) is 11.8 Å². The zero-order valence-electron chi connectivity index (χ0n) is 46.3. The summed E-state index contributed by atoms with van der Waals surface area (Å²) in [5.41, 5.74) is 7.25. The highest BCUT2D eigenvalue weighted by Gasteiger charge is 2.36. The van der Waals surface area contributed by atoms with Gasteiger partial charge in [0.15, 0.2) is 0 Å². The number of aliphatic hydroxyl groups is 2. The number of nitrogens with two attached hydrogens (primary N) is 1. The quantitative estimate of drug-likeness (QED) is 0.0410. The Kier molecular flexibility index (Phi) is 30.3. The number of carbonyl (C=O) groups excluding carboxylic acids is 9. The number of hydrogen-bond acceptors (Lipinski definition) is 14. The van der Waals surface area contributed by atoms with Gasteiger partial charge >= 0.3 is 5.97 Å². The molecule has 0 saturated carbocycles. The number of aliphatic carboxylic acids is 1. The highest BCUT2D eigenvalue weighted by Crippen LogP contribution is 2.14. The fraction of sp³-hybridized carbons (Fsp3) is 0.593. The van der Waals surface area contributed by atoms with Crippen LogP contribution in [0.2, 0.25) is 0 Å². The normalized spacial score (nSPS) is 14.8. The zero-order chi connectivity index (χ0) is 58.6. The van der Waals surface area contributed by atoms with Crippen LogP contribution in [-0.4, -0.2) is 161 Å². The summed E-state index contributed by atoms with van der Waals surface area (Å²) in [7, 11) is 0. The van der Waals surface area contributed by atoms with E-state index < -0.39 is 139 Å². The molecule has 9 amide bonds. The summed E-state index contributed by atoms with van der Waals surface area (Å²) in [5, 5.41) is 51.7. The molecule has 0 aromatic heterocycles. The van der Waals surface area contributed by atoms with Crippen molar-refractivity contribution in [2.75, 3.05) is 31.8 Å². The molecule has 0 heterocycles.